The summed E-state index contributed by atoms with van der Waals surface area (Å²) >= 11 is 1.51. The predicted molar refractivity (Wildman–Crippen MR) is 142 cm³/mol. The summed E-state index contributed by atoms with van der Waals surface area (Å²) < 4.78 is 1.46. The normalized spacial score (nSPS) is 12.6. The Morgan fingerprint density at radius 3 is 1.85 bits per heavy atom. The number of fused-ring (bicyclic) bond motifs is 1. The molecule has 5 heteroatoms. The molecule has 0 radical (unpaired) electrons. The van der Waals surface area contributed by atoms with Crippen LogP contribution in [0.25, 0.3) is 10.8 Å². The Balaban J connectivity index is 0.000000461. The van der Waals surface area contributed by atoms with Crippen molar-refractivity contribution in [2.75, 3.05) is 0 Å². The van der Waals surface area contributed by atoms with Crippen LogP contribution in [-0.4, -0.2) is 19.4 Å². The molecule has 1 aliphatic rings. The fourth-order valence-corrected chi connectivity index (χ4v) is 9.32. The molecule has 0 heterocycles. The van der Waals surface area contributed by atoms with Crippen molar-refractivity contribution in [1.82, 2.24) is 0 Å². The summed E-state index contributed by atoms with van der Waals surface area (Å²) in [5.41, 5.74) is 1.37. The van der Waals surface area contributed by atoms with Crippen LogP contribution in [0.3, 0.4) is 0 Å². The van der Waals surface area contributed by atoms with Gasteiger partial charge >= 0.3 is 70.3 Å². The Morgan fingerprint density at radius 2 is 1.39 bits per heavy atom. The van der Waals surface area contributed by atoms with E-state index in [0.29, 0.717) is 0 Å². The van der Waals surface area contributed by atoms with Gasteiger partial charge in [-0.3, -0.25) is 6.08 Å². The molecule has 0 nitrogen and oxygen atoms in total. The molecule has 0 saturated heterocycles. The SMILES string of the molecule is C[C](=[Zr+2])c1ccccc1.C[Si](C)(C)C1=[C-]CC=C1[Si](C)(C)C.[Cl-].[Cl-].c1ccc2[cH-]ccc2c1. The van der Waals surface area contributed by atoms with Crippen LogP contribution in [0.4, 0.5) is 0 Å². The van der Waals surface area contributed by atoms with Gasteiger partial charge in [0.1, 0.15) is 0 Å². The van der Waals surface area contributed by atoms with Gasteiger partial charge < -0.3 is 24.8 Å². The molecule has 176 valence electrons. The van der Waals surface area contributed by atoms with E-state index in [9.17, 15) is 0 Å². The molecular formula is C28H36Cl2Si2Zr-2. The van der Waals surface area contributed by atoms with E-state index < -0.39 is 16.1 Å². The minimum atomic E-state index is -1.13. The standard InChI is InChI=1S/C11H21Si2.C9H7.C8H8.2ClH.Zr/c1-12(2,3)10-8-7-9-11(10)13(4,5)6;1-2-5-9-7-3-6-8(9)4-1;1-2-8-6-4-3-5-7-8;;;/h8H,7H2,1-6H3;1-7H;3-7H,1H3;2*1H;/q2*-1;;;;+2/p-2. The van der Waals surface area contributed by atoms with E-state index in [4.69, 9.17) is 0 Å². The number of halogens is 2. The molecular weight excluding hydrogens is 555 g/mol. The number of rotatable bonds is 3. The molecule has 3 aromatic rings. The molecule has 1 aliphatic carbocycles. The largest absolute Gasteiger partial charge is 1.00 e. The summed E-state index contributed by atoms with van der Waals surface area (Å²) in [6.45, 7) is 16.7. The van der Waals surface area contributed by atoms with Crippen molar-refractivity contribution < 1.29 is 49.0 Å². The fourth-order valence-electron chi connectivity index (χ4n) is 3.56. The number of hydrogen-bond acceptors (Lipinski definition) is 0. The van der Waals surface area contributed by atoms with Crippen LogP contribution in [0, 0.1) is 6.08 Å². The quantitative estimate of drug-likeness (QED) is 0.324. The van der Waals surface area contributed by atoms with E-state index in [1.807, 2.05) is 6.07 Å². The molecule has 3 aromatic carbocycles. The maximum atomic E-state index is 3.57. The summed E-state index contributed by atoms with van der Waals surface area (Å²) in [4.78, 5) is 0. The molecule has 0 saturated carbocycles. The minimum Gasteiger partial charge on any atom is -1.00 e. The first kappa shape index (κ1) is 32.3. The average Bonchev–Trinajstić information content (AvgIpc) is 3.39. The van der Waals surface area contributed by atoms with Gasteiger partial charge in [-0.1, -0.05) is 45.3 Å². The van der Waals surface area contributed by atoms with Gasteiger partial charge in [0.2, 0.25) is 0 Å². The van der Waals surface area contributed by atoms with Crippen molar-refractivity contribution in [2.45, 2.75) is 52.6 Å². The summed E-state index contributed by atoms with van der Waals surface area (Å²) in [6.07, 6.45) is 7.06. The third-order valence-corrected chi connectivity index (χ3v) is 10.1. The smallest absolute Gasteiger partial charge is 0.0394 e. The Morgan fingerprint density at radius 1 is 0.818 bits per heavy atom. The summed E-state index contributed by atoms with van der Waals surface area (Å²) in [5.74, 6) is 0. The Hall–Kier alpha value is -0.703. The van der Waals surface area contributed by atoms with Crippen LogP contribution in [0.1, 0.15) is 18.9 Å². The third kappa shape index (κ3) is 10.6. The molecule has 0 fully saturated rings. The first-order chi connectivity index (χ1) is 14.5. The van der Waals surface area contributed by atoms with Crippen LogP contribution < -0.4 is 24.8 Å². The van der Waals surface area contributed by atoms with E-state index in [-0.39, 0.29) is 24.8 Å². The molecule has 0 aliphatic heterocycles. The summed E-state index contributed by atoms with van der Waals surface area (Å²) in [7, 11) is -2.23. The van der Waals surface area contributed by atoms with Gasteiger partial charge in [-0.2, -0.15) is 23.6 Å². The molecule has 0 aromatic heterocycles. The van der Waals surface area contributed by atoms with Crippen molar-refractivity contribution in [2.24, 2.45) is 0 Å². The van der Waals surface area contributed by atoms with Crippen LogP contribution >= 0.6 is 0 Å². The van der Waals surface area contributed by atoms with Gasteiger partial charge in [0.15, 0.2) is 0 Å². The van der Waals surface area contributed by atoms with E-state index in [1.165, 1.54) is 43.8 Å². The summed E-state index contributed by atoms with van der Waals surface area (Å²) in [5, 5.41) is 5.97. The van der Waals surface area contributed by atoms with Gasteiger partial charge in [-0.25, -0.2) is 10.4 Å². The Bertz CT molecular complexity index is 994. The van der Waals surface area contributed by atoms with Crippen LogP contribution in [0.5, 0.6) is 0 Å². The average molecular weight is 591 g/mol. The second kappa shape index (κ2) is 14.6. The van der Waals surface area contributed by atoms with Gasteiger partial charge in [-0.15, -0.1) is 36.1 Å². The monoisotopic (exact) mass is 588 g/mol. The van der Waals surface area contributed by atoms with E-state index >= 15 is 0 Å². The van der Waals surface area contributed by atoms with Crippen molar-refractivity contribution in [3.63, 3.8) is 0 Å². The van der Waals surface area contributed by atoms with Crippen molar-refractivity contribution >= 4 is 30.1 Å². The van der Waals surface area contributed by atoms with Gasteiger partial charge in [-0.05, 0) is 8.07 Å². The third-order valence-electron chi connectivity index (χ3n) is 5.17. The fraction of sp³-hybridized carbons (Fsp3) is 0.286. The summed E-state index contributed by atoms with van der Waals surface area (Å²) in [6, 6.07) is 25.1. The van der Waals surface area contributed by atoms with Crippen molar-refractivity contribution in [1.29, 1.82) is 0 Å². The van der Waals surface area contributed by atoms with Gasteiger partial charge in [0, 0.05) is 8.07 Å². The zero-order valence-corrected chi connectivity index (χ0v) is 26.9. The number of allylic oxidation sites excluding steroid dienone is 4. The maximum absolute atomic E-state index is 3.57. The second-order valence-corrected chi connectivity index (χ2v) is 21.9. The van der Waals surface area contributed by atoms with Crippen LogP contribution in [0.2, 0.25) is 39.3 Å². The zero-order chi connectivity index (χ0) is 23.1. The molecule has 0 spiro atoms. The van der Waals surface area contributed by atoms with Crippen LogP contribution in [-0.2, 0) is 24.2 Å². The molecule has 0 bridgehead atoms. The second-order valence-electron chi connectivity index (χ2n) is 10.0. The topological polar surface area (TPSA) is 0 Å². The number of benzene rings is 2. The van der Waals surface area contributed by atoms with E-state index in [2.05, 4.69) is 125 Å². The van der Waals surface area contributed by atoms with E-state index in [0.717, 1.165) is 6.42 Å². The molecule has 4 rings (SSSR count). The van der Waals surface area contributed by atoms with Gasteiger partial charge in [0.25, 0.3) is 0 Å². The molecule has 0 amide bonds. The molecule has 0 N–H and O–H groups in total. The van der Waals surface area contributed by atoms with Gasteiger partial charge in [0.05, 0.1) is 0 Å². The van der Waals surface area contributed by atoms with E-state index in [1.54, 1.807) is 10.4 Å². The first-order valence-electron chi connectivity index (χ1n) is 11.0. The number of hydrogen-bond donors (Lipinski definition) is 0. The molecule has 0 atom stereocenters. The Kier molecular flexibility index (Phi) is 14.3. The predicted octanol–water partition coefficient (Wildman–Crippen LogP) is 2.14. The van der Waals surface area contributed by atoms with Crippen molar-refractivity contribution in [3.05, 3.63) is 101 Å². The minimum absolute atomic E-state index is 0. The zero-order valence-electron chi connectivity index (χ0n) is 21.0. The maximum Gasteiger partial charge on any atom is 0.0394 e. The first-order valence-corrected chi connectivity index (χ1v) is 19.3. The Labute approximate surface area is 231 Å². The molecule has 0 unspecified atom stereocenters. The molecule has 33 heavy (non-hydrogen) atoms. The van der Waals surface area contributed by atoms with Crippen molar-refractivity contribution in [3.8, 4) is 0 Å². The van der Waals surface area contributed by atoms with Crippen LogP contribution in [0.15, 0.2) is 89.3 Å².